The predicted octanol–water partition coefficient (Wildman–Crippen LogP) is 3.42. The number of fused-ring (bicyclic) bond motifs is 1. The molecule has 1 N–H and O–H groups in total. The SMILES string of the molecule is Cc1ccc(S(=O)(=O)N2CCC[C@H]2C(=O)N(Cc2ccc3c(c2)OCC3)C2CCC(O)CC2)cc1. The van der Waals surface area contributed by atoms with E-state index < -0.39 is 16.1 Å². The van der Waals surface area contributed by atoms with Gasteiger partial charge in [-0.1, -0.05) is 29.8 Å². The molecule has 5 rings (SSSR count). The monoisotopic (exact) mass is 498 g/mol. The molecule has 2 aliphatic heterocycles. The van der Waals surface area contributed by atoms with E-state index in [1.54, 1.807) is 24.3 Å². The Morgan fingerprint density at radius 3 is 2.57 bits per heavy atom. The van der Waals surface area contributed by atoms with Gasteiger partial charge in [0, 0.05) is 25.6 Å². The molecule has 2 fully saturated rings. The van der Waals surface area contributed by atoms with Crippen molar-refractivity contribution in [1.29, 1.82) is 0 Å². The number of carbonyl (C=O) groups excluding carboxylic acids is 1. The Morgan fingerprint density at radius 2 is 1.83 bits per heavy atom. The molecule has 1 atom stereocenters. The lowest BCUT2D eigenvalue weighted by Crippen LogP contribution is -2.51. The van der Waals surface area contributed by atoms with Gasteiger partial charge in [-0.05, 0) is 74.8 Å². The maximum atomic E-state index is 14.0. The molecule has 8 heteroatoms. The summed E-state index contributed by atoms with van der Waals surface area (Å²) in [5, 5.41) is 10.0. The van der Waals surface area contributed by atoms with Gasteiger partial charge in [0.2, 0.25) is 15.9 Å². The maximum absolute atomic E-state index is 14.0. The molecular formula is C27H34N2O5S. The number of amides is 1. The van der Waals surface area contributed by atoms with Crippen LogP contribution in [-0.4, -0.2) is 60.0 Å². The number of rotatable bonds is 6. The largest absolute Gasteiger partial charge is 0.493 e. The third-order valence-corrected chi connectivity index (χ3v) is 9.54. The minimum Gasteiger partial charge on any atom is -0.493 e. The minimum absolute atomic E-state index is 0.0235. The van der Waals surface area contributed by atoms with Crippen molar-refractivity contribution in [1.82, 2.24) is 9.21 Å². The summed E-state index contributed by atoms with van der Waals surface area (Å²) >= 11 is 0. The highest BCUT2D eigenvalue weighted by molar-refractivity contribution is 7.89. The van der Waals surface area contributed by atoms with Crippen LogP contribution in [0.3, 0.4) is 0 Å². The average Bonchev–Trinajstić information content (AvgIpc) is 3.53. The fraction of sp³-hybridized carbons (Fsp3) is 0.519. The zero-order valence-electron chi connectivity index (χ0n) is 20.2. The minimum atomic E-state index is -3.78. The Kier molecular flexibility index (Phi) is 6.88. The number of aliphatic hydroxyl groups excluding tert-OH is 1. The van der Waals surface area contributed by atoms with E-state index in [1.165, 1.54) is 9.87 Å². The van der Waals surface area contributed by atoms with Gasteiger partial charge in [0.05, 0.1) is 17.6 Å². The van der Waals surface area contributed by atoms with Crippen LogP contribution < -0.4 is 4.74 Å². The van der Waals surface area contributed by atoms with Crippen LogP contribution in [0.1, 0.15) is 55.2 Å². The van der Waals surface area contributed by atoms with E-state index >= 15 is 0 Å². The number of carbonyl (C=O) groups is 1. The standard InChI is InChI=1S/C27H34N2O5S/c1-19-4-12-24(13-5-19)35(32,33)29-15-2-3-25(29)27(31)28(22-8-10-23(30)11-9-22)18-20-6-7-21-14-16-34-26(21)17-20/h4-7,12-13,17,22-23,25,30H,2-3,8-11,14-16,18H2,1H3/t22?,23?,25-/m0/s1. The number of ether oxygens (including phenoxy) is 1. The summed E-state index contributed by atoms with van der Waals surface area (Å²) in [5.74, 6) is 0.736. The summed E-state index contributed by atoms with van der Waals surface area (Å²) in [6, 6.07) is 12.2. The van der Waals surface area contributed by atoms with Crippen LogP contribution >= 0.6 is 0 Å². The lowest BCUT2D eigenvalue weighted by molar-refractivity contribution is -0.139. The van der Waals surface area contributed by atoms with E-state index in [-0.39, 0.29) is 22.9 Å². The first kappa shape index (κ1) is 24.3. The molecule has 2 heterocycles. The van der Waals surface area contributed by atoms with Crippen molar-refractivity contribution < 1.29 is 23.1 Å². The Balaban J connectivity index is 1.42. The first-order chi connectivity index (χ1) is 16.8. The van der Waals surface area contributed by atoms with Gasteiger partial charge in [0.25, 0.3) is 0 Å². The number of nitrogens with zero attached hydrogens (tertiary/aromatic N) is 2. The quantitative estimate of drug-likeness (QED) is 0.660. The molecule has 0 spiro atoms. The van der Waals surface area contributed by atoms with Crippen LogP contribution in [0.4, 0.5) is 0 Å². The molecule has 1 saturated heterocycles. The molecule has 0 unspecified atom stereocenters. The van der Waals surface area contributed by atoms with Gasteiger partial charge in [-0.2, -0.15) is 4.31 Å². The second-order valence-corrected chi connectivity index (χ2v) is 11.9. The van der Waals surface area contributed by atoms with Crippen molar-refractivity contribution in [3.05, 3.63) is 59.2 Å². The van der Waals surface area contributed by atoms with E-state index in [0.717, 1.165) is 23.3 Å². The Labute approximate surface area is 207 Å². The van der Waals surface area contributed by atoms with Gasteiger partial charge < -0.3 is 14.7 Å². The Morgan fingerprint density at radius 1 is 1.09 bits per heavy atom. The molecule has 0 radical (unpaired) electrons. The van der Waals surface area contributed by atoms with Crippen LogP contribution in [0.25, 0.3) is 0 Å². The molecule has 188 valence electrons. The summed E-state index contributed by atoms with van der Waals surface area (Å²) in [5.41, 5.74) is 3.15. The van der Waals surface area contributed by atoms with Gasteiger partial charge >= 0.3 is 0 Å². The number of aryl methyl sites for hydroxylation is 1. The van der Waals surface area contributed by atoms with E-state index in [1.807, 2.05) is 24.0 Å². The lowest BCUT2D eigenvalue weighted by Gasteiger charge is -2.38. The van der Waals surface area contributed by atoms with E-state index in [4.69, 9.17) is 4.74 Å². The second-order valence-electron chi connectivity index (χ2n) is 10.1. The number of aliphatic hydroxyl groups is 1. The third-order valence-electron chi connectivity index (χ3n) is 7.62. The zero-order chi connectivity index (χ0) is 24.6. The lowest BCUT2D eigenvalue weighted by atomic mass is 9.91. The Bertz CT molecular complexity index is 1170. The fourth-order valence-electron chi connectivity index (χ4n) is 5.57. The first-order valence-corrected chi connectivity index (χ1v) is 14.1. The summed E-state index contributed by atoms with van der Waals surface area (Å²) in [7, 11) is -3.78. The topological polar surface area (TPSA) is 87.2 Å². The highest BCUT2D eigenvalue weighted by Crippen LogP contribution is 2.33. The molecule has 0 aromatic heterocycles. The summed E-state index contributed by atoms with van der Waals surface area (Å²) in [6.07, 6.45) is 4.47. The van der Waals surface area contributed by atoms with Crippen molar-refractivity contribution in [2.75, 3.05) is 13.2 Å². The summed E-state index contributed by atoms with van der Waals surface area (Å²) in [6.45, 7) is 3.35. The highest BCUT2D eigenvalue weighted by Gasteiger charge is 2.43. The van der Waals surface area contributed by atoms with Crippen LogP contribution in [0, 0.1) is 6.92 Å². The van der Waals surface area contributed by atoms with Crippen LogP contribution in [0.5, 0.6) is 5.75 Å². The predicted molar refractivity (Wildman–Crippen MR) is 133 cm³/mol. The van der Waals surface area contributed by atoms with Gasteiger partial charge in [-0.15, -0.1) is 0 Å². The van der Waals surface area contributed by atoms with Crippen molar-refractivity contribution in [3.8, 4) is 5.75 Å². The molecule has 7 nitrogen and oxygen atoms in total. The molecule has 2 aromatic carbocycles. The van der Waals surface area contributed by atoms with Crippen molar-refractivity contribution in [2.45, 2.75) is 81.5 Å². The van der Waals surface area contributed by atoms with Gasteiger partial charge in [0.1, 0.15) is 11.8 Å². The van der Waals surface area contributed by atoms with Crippen molar-refractivity contribution in [2.24, 2.45) is 0 Å². The zero-order valence-corrected chi connectivity index (χ0v) is 21.0. The molecule has 0 bridgehead atoms. The Hall–Kier alpha value is -2.42. The molecule has 2 aromatic rings. The second kappa shape index (κ2) is 9.91. The van der Waals surface area contributed by atoms with Gasteiger partial charge in [0.15, 0.2) is 0 Å². The average molecular weight is 499 g/mol. The molecule has 1 aliphatic carbocycles. The molecule has 3 aliphatic rings. The number of hydrogen-bond acceptors (Lipinski definition) is 5. The third kappa shape index (κ3) is 4.97. The van der Waals surface area contributed by atoms with Crippen molar-refractivity contribution >= 4 is 15.9 Å². The number of sulfonamides is 1. The highest BCUT2D eigenvalue weighted by atomic mass is 32.2. The number of hydrogen-bond donors (Lipinski definition) is 1. The normalized spacial score (nSPS) is 24.7. The van der Waals surface area contributed by atoms with Crippen LogP contribution in [-0.2, 0) is 27.8 Å². The summed E-state index contributed by atoms with van der Waals surface area (Å²) in [4.78, 5) is 16.1. The van der Waals surface area contributed by atoms with E-state index in [2.05, 4.69) is 6.07 Å². The molecule has 1 amide bonds. The molecule has 1 saturated carbocycles. The molecule has 35 heavy (non-hydrogen) atoms. The van der Waals surface area contributed by atoms with Crippen molar-refractivity contribution in [3.63, 3.8) is 0 Å². The van der Waals surface area contributed by atoms with E-state index in [9.17, 15) is 18.3 Å². The smallest absolute Gasteiger partial charge is 0.243 e. The maximum Gasteiger partial charge on any atom is 0.243 e. The van der Waals surface area contributed by atoms with Gasteiger partial charge in [-0.3, -0.25) is 4.79 Å². The fourth-order valence-corrected chi connectivity index (χ4v) is 7.23. The summed E-state index contributed by atoms with van der Waals surface area (Å²) < 4.78 is 34.1. The first-order valence-electron chi connectivity index (χ1n) is 12.6. The van der Waals surface area contributed by atoms with E-state index in [0.29, 0.717) is 58.2 Å². The van der Waals surface area contributed by atoms with Crippen LogP contribution in [0.2, 0.25) is 0 Å². The van der Waals surface area contributed by atoms with Gasteiger partial charge in [-0.25, -0.2) is 8.42 Å². The number of benzene rings is 2. The van der Waals surface area contributed by atoms with Crippen LogP contribution in [0.15, 0.2) is 47.4 Å². The molecular weight excluding hydrogens is 464 g/mol.